The number of sulfonamides is 1. The zero-order valence-electron chi connectivity index (χ0n) is 10.1. The van der Waals surface area contributed by atoms with E-state index in [0.29, 0.717) is 0 Å². The summed E-state index contributed by atoms with van der Waals surface area (Å²) in [6, 6.07) is 2.71. The number of amides is 1. The van der Waals surface area contributed by atoms with E-state index in [0.717, 1.165) is 4.90 Å². The van der Waals surface area contributed by atoms with Crippen molar-refractivity contribution in [1.82, 2.24) is 0 Å². The van der Waals surface area contributed by atoms with Gasteiger partial charge in [0.15, 0.2) is 5.82 Å². The van der Waals surface area contributed by atoms with E-state index in [-0.39, 0.29) is 40.4 Å². The van der Waals surface area contributed by atoms with Gasteiger partial charge in [-0.05, 0) is 12.1 Å². The number of hydrogen-bond acceptors (Lipinski definition) is 3. The zero-order chi connectivity index (χ0) is 15.1. The molecule has 1 aromatic carbocycles. The molecule has 0 aromatic heterocycles. The minimum absolute atomic E-state index is 0.00385. The molecule has 1 aliphatic heterocycles. The minimum atomic E-state index is -3.68. The third kappa shape index (κ3) is 3.22. The molecule has 1 aromatic rings. The number of nitrogens with two attached hydrogens (primary N) is 1. The number of nitrogens with zero attached hydrogens (tertiary/aromatic N) is 1. The van der Waals surface area contributed by atoms with E-state index >= 15 is 0 Å². The number of benzene rings is 1. The molecule has 9 heteroatoms. The number of anilines is 1. The summed E-state index contributed by atoms with van der Waals surface area (Å²) < 4.78 is 36.1. The minimum Gasteiger partial charge on any atom is -0.309 e. The van der Waals surface area contributed by atoms with Crippen LogP contribution in [0, 0.1) is 11.7 Å². The van der Waals surface area contributed by atoms with Crippen molar-refractivity contribution in [3.63, 3.8) is 0 Å². The van der Waals surface area contributed by atoms with Crippen LogP contribution in [0.4, 0.5) is 10.1 Å². The van der Waals surface area contributed by atoms with Crippen LogP contribution in [0.25, 0.3) is 0 Å². The molecular weight excluding hydrogens is 330 g/mol. The molecule has 0 spiro atoms. The van der Waals surface area contributed by atoms with E-state index in [1.807, 2.05) is 0 Å². The number of hydrogen-bond donors (Lipinski definition) is 1. The van der Waals surface area contributed by atoms with Crippen molar-refractivity contribution in [3.05, 3.63) is 28.0 Å². The van der Waals surface area contributed by atoms with Crippen molar-refractivity contribution in [2.75, 3.05) is 17.2 Å². The first-order valence-corrected chi connectivity index (χ1v) is 8.10. The van der Waals surface area contributed by atoms with E-state index in [9.17, 15) is 17.6 Å². The molecule has 1 fully saturated rings. The molecule has 1 aliphatic rings. The Morgan fingerprint density at radius 3 is 2.65 bits per heavy atom. The summed E-state index contributed by atoms with van der Waals surface area (Å²) in [6.07, 6.45) is -0.00385. The lowest BCUT2D eigenvalue weighted by Crippen LogP contribution is -2.28. The molecule has 1 saturated heterocycles. The van der Waals surface area contributed by atoms with Gasteiger partial charge in [-0.2, -0.15) is 0 Å². The normalized spacial score (nSPS) is 19.7. The highest BCUT2D eigenvalue weighted by molar-refractivity contribution is 7.89. The second-order valence-corrected chi connectivity index (χ2v) is 7.04. The highest BCUT2D eigenvalue weighted by atomic mass is 35.5. The van der Waals surface area contributed by atoms with Gasteiger partial charge in [0.05, 0.1) is 21.5 Å². The van der Waals surface area contributed by atoms with Gasteiger partial charge in [-0.3, -0.25) is 4.79 Å². The molecule has 0 saturated carbocycles. The van der Waals surface area contributed by atoms with Gasteiger partial charge in [0.2, 0.25) is 15.9 Å². The maximum Gasteiger partial charge on any atom is 0.227 e. The van der Waals surface area contributed by atoms with Crippen LogP contribution >= 0.6 is 23.2 Å². The van der Waals surface area contributed by atoms with Gasteiger partial charge in [-0.15, -0.1) is 0 Å². The summed E-state index contributed by atoms with van der Waals surface area (Å²) in [5, 5.41) is 4.72. The van der Waals surface area contributed by atoms with Crippen molar-refractivity contribution >= 4 is 44.8 Å². The first-order valence-electron chi connectivity index (χ1n) is 5.63. The monoisotopic (exact) mass is 340 g/mol. The Bertz CT molecular complexity index is 666. The molecule has 1 heterocycles. The maximum atomic E-state index is 14.0. The van der Waals surface area contributed by atoms with Crippen molar-refractivity contribution in [2.45, 2.75) is 6.42 Å². The highest BCUT2D eigenvalue weighted by Gasteiger charge is 2.34. The van der Waals surface area contributed by atoms with Crippen LogP contribution in [-0.2, 0) is 14.8 Å². The lowest BCUT2D eigenvalue weighted by atomic mass is 10.1. The molecule has 20 heavy (non-hydrogen) atoms. The smallest absolute Gasteiger partial charge is 0.227 e. The predicted octanol–water partition coefficient (Wildman–Crippen LogP) is 1.77. The number of halogens is 3. The zero-order valence-corrected chi connectivity index (χ0v) is 12.5. The van der Waals surface area contributed by atoms with E-state index in [4.69, 9.17) is 28.3 Å². The Morgan fingerprint density at radius 2 is 2.05 bits per heavy atom. The maximum absolute atomic E-state index is 14.0. The Labute approximate surface area is 125 Å². The molecule has 110 valence electrons. The first kappa shape index (κ1) is 15.5. The molecule has 0 radical (unpaired) electrons. The Hall–Kier alpha value is -0.890. The summed E-state index contributed by atoms with van der Waals surface area (Å²) in [5.74, 6) is -1.97. The van der Waals surface area contributed by atoms with Crippen LogP contribution in [-0.4, -0.2) is 26.6 Å². The summed E-state index contributed by atoms with van der Waals surface area (Å²) in [5.41, 5.74) is -0.0127. The van der Waals surface area contributed by atoms with Crippen LogP contribution in [0.15, 0.2) is 12.1 Å². The third-order valence-electron chi connectivity index (χ3n) is 2.98. The topological polar surface area (TPSA) is 80.5 Å². The van der Waals surface area contributed by atoms with Gasteiger partial charge in [0.1, 0.15) is 0 Å². The average molecular weight is 341 g/mol. The van der Waals surface area contributed by atoms with Crippen LogP contribution in [0.2, 0.25) is 10.0 Å². The Balaban J connectivity index is 2.27. The highest BCUT2D eigenvalue weighted by Crippen LogP contribution is 2.34. The Kier molecular flexibility index (Phi) is 4.24. The van der Waals surface area contributed by atoms with Gasteiger partial charge < -0.3 is 4.90 Å². The summed E-state index contributed by atoms with van der Waals surface area (Å²) in [6.45, 7) is 0.0736. The van der Waals surface area contributed by atoms with Gasteiger partial charge in [0.25, 0.3) is 0 Å². The third-order valence-corrected chi connectivity index (χ3v) is 4.70. The first-order chi connectivity index (χ1) is 9.19. The van der Waals surface area contributed by atoms with Crippen molar-refractivity contribution < 1.29 is 17.6 Å². The SMILES string of the molecule is NS(=O)(=O)CC1CC(=O)N(c2ccc(Cl)c(Cl)c2F)C1. The molecule has 5 nitrogen and oxygen atoms in total. The van der Waals surface area contributed by atoms with Crippen LogP contribution in [0.5, 0.6) is 0 Å². The fourth-order valence-corrected chi connectivity index (χ4v) is 3.36. The average Bonchev–Trinajstić information content (AvgIpc) is 2.65. The number of carbonyl (C=O) groups excluding carboxylic acids is 1. The molecule has 1 unspecified atom stereocenters. The second-order valence-electron chi connectivity index (χ2n) is 4.60. The van der Waals surface area contributed by atoms with E-state index in [1.54, 1.807) is 0 Å². The fourth-order valence-electron chi connectivity index (χ4n) is 2.18. The van der Waals surface area contributed by atoms with Crippen LogP contribution < -0.4 is 10.0 Å². The standard InChI is InChI=1S/C11H11Cl2FN2O3S/c12-7-1-2-8(11(14)10(7)13)16-4-6(3-9(16)17)5-20(15,18)19/h1-2,6H,3-5H2,(H2,15,18,19). The van der Waals surface area contributed by atoms with E-state index in [2.05, 4.69) is 0 Å². The van der Waals surface area contributed by atoms with Crippen LogP contribution in [0.1, 0.15) is 6.42 Å². The Morgan fingerprint density at radius 1 is 1.40 bits per heavy atom. The molecule has 0 bridgehead atoms. The van der Waals surface area contributed by atoms with Gasteiger partial charge in [-0.1, -0.05) is 23.2 Å². The lowest BCUT2D eigenvalue weighted by Gasteiger charge is -2.18. The molecule has 2 rings (SSSR count). The van der Waals surface area contributed by atoms with Crippen molar-refractivity contribution in [3.8, 4) is 0 Å². The number of rotatable bonds is 3. The summed E-state index contributed by atoms with van der Waals surface area (Å²) in [7, 11) is -3.68. The van der Waals surface area contributed by atoms with E-state index in [1.165, 1.54) is 12.1 Å². The van der Waals surface area contributed by atoms with Gasteiger partial charge >= 0.3 is 0 Å². The van der Waals surface area contributed by atoms with Gasteiger partial charge in [0, 0.05) is 18.9 Å². The van der Waals surface area contributed by atoms with Gasteiger partial charge in [-0.25, -0.2) is 17.9 Å². The molecular formula is C11H11Cl2FN2O3S. The quantitative estimate of drug-likeness (QED) is 0.851. The fraction of sp³-hybridized carbons (Fsp3) is 0.364. The second kappa shape index (κ2) is 5.48. The van der Waals surface area contributed by atoms with Crippen molar-refractivity contribution in [1.29, 1.82) is 0 Å². The number of carbonyl (C=O) groups is 1. The molecule has 1 amide bonds. The summed E-state index contributed by atoms with van der Waals surface area (Å²) >= 11 is 11.4. The molecule has 0 aliphatic carbocycles. The molecule has 2 N–H and O–H groups in total. The van der Waals surface area contributed by atoms with E-state index < -0.39 is 21.8 Å². The lowest BCUT2D eigenvalue weighted by molar-refractivity contribution is -0.117. The van der Waals surface area contributed by atoms with Crippen molar-refractivity contribution in [2.24, 2.45) is 11.1 Å². The van der Waals surface area contributed by atoms with Crippen LogP contribution in [0.3, 0.4) is 0 Å². The predicted molar refractivity (Wildman–Crippen MR) is 74.9 cm³/mol. The largest absolute Gasteiger partial charge is 0.309 e. The number of primary sulfonamides is 1. The molecule has 1 atom stereocenters. The summed E-state index contributed by atoms with van der Waals surface area (Å²) in [4.78, 5) is 13.0.